The summed E-state index contributed by atoms with van der Waals surface area (Å²) in [6.07, 6.45) is 5.23. The monoisotopic (exact) mass is 235 g/mol. The van der Waals surface area contributed by atoms with E-state index in [0.717, 1.165) is 25.2 Å². The fraction of sp³-hybridized carbons (Fsp3) is 0.545. The van der Waals surface area contributed by atoms with Crippen LogP contribution in [0.2, 0.25) is 0 Å². The Morgan fingerprint density at radius 3 is 2.82 bits per heavy atom. The highest BCUT2D eigenvalue weighted by atomic mass is 16.3. The maximum atomic E-state index is 10.3. The van der Waals surface area contributed by atoms with Crippen LogP contribution in [0.15, 0.2) is 18.7 Å². The molecule has 0 amide bonds. The van der Waals surface area contributed by atoms with Gasteiger partial charge in [-0.3, -0.25) is 0 Å². The number of aryl methyl sites for hydroxylation is 2. The van der Waals surface area contributed by atoms with Gasteiger partial charge in [0.1, 0.15) is 6.10 Å². The third-order valence-corrected chi connectivity index (χ3v) is 2.73. The molecule has 0 aliphatic rings. The molecule has 2 aromatic rings. The first-order chi connectivity index (χ1) is 8.27. The molecule has 1 unspecified atom stereocenters. The molecule has 1 atom stereocenters. The van der Waals surface area contributed by atoms with E-state index < -0.39 is 6.10 Å². The van der Waals surface area contributed by atoms with Crippen molar-refractivity contribution >= 4 is 0 Å². The summed E-state index contributed by atoms with van der Waals surface area (Å²) in [6, 6.07) is 0. The Labute approximate surface area is 99.9 Å². The van der Waals surface area contributed by atoms with E-state index in [4.69, 9.17) is 0 Å². The summed E-state index contributed by atoms with van der Waals surface area (Å²) in [7, 11) is 0. The van der Waals surface area contributed by atoms with Gasteiger partial charge in [0.15, 0.2) is 0 Å². The molecular formula is C11H17N5O. The second-order valence-electron chi connectivity index (χ2n) is 3.89. The Balaban J connectivity index is 2.30. The predicted octanol–water partition coefficient (Wildman–Crippen LogP) is 0.986. The Morgan fingerprint density at radius 2 is 2.12 bits per heavy atom. The molecule has 0 fully saturated rings. The van der Waals surface area contributed by atoms with Gasteiger partial charge in [-0.15, -0.1) is 5.10 Å². The maximum Gasteiger partial charge on any atom is 0.139 e. The molecule has 0 aliphatic heterocycles. The van der Waals surface area contributed by atoms with Crippen molar-refractivity contribution in [3.63, 3.8) is 0 Å². The number of hydrogen-bond acceptors (Lipinski definition) is 4. The van der Waals surface area contributed by atoms with Crippen molar-refractivity contribution in [1.29, 1.82) is 0 Å². The van der Waals surface area contributed by atoms with Crippen LogP contribution >= 0.6 is 0 Å². The molecule has 0 radical (unpaired) electrons. The lowest BCUT2D eigenvalue weighted by molar-refractivity contribution is 0.197. The number of aromatic nitrogens is 5. The Bertz CT molecular complexity index is 476. The first-order valence-corrected chi connectivity index (χ1v) is 5.84. The van der Waals surface area contributed by atoms with Gasteiger partial charge in [-0.25, -0.2) is 9.67 Å². The van der Waals surface area contributed by atoms with Crippen molar-refractivity contribution in [3.05, 3.63) is 30.1 Å². The second kappa shape index (κ2) is 5.09. The molecule has 17 heavy (non-hydrogen) atoms. The summed E-state index contributed by atoms with van der Waals surface area (Å²) in [5.41, 5.74) is 1.48. The van der Waals surface area contributed by atoms with Crippen LogP contribution in [0.25, 0.3) is 0 Å². The maximum absolute atomic E-state index is 10.3. The molecule has 2 rings (SSSR count). The molecule has 0 bridgehead atoms. The van der Waals surface area contributed by atoms with Crippen LogP contribution in [0.1, 0.15) is 37.8 Å². The van der Waals surface area contributed by atoms with Gasteiger partial charge in [-0.2, -0.15) is 0 Å². The molecule has 0 aliphatic carbocycles. The molecule has 6 nitrogen and oxygen atoms in total. The van der Waals surface area contributed by atoms with Crippen LogP contribution in [-0.2, 0) is 13.1 Å². The number of rotatable bonds is 5. The van der Waals surface area contributed by atoms with Crippen molar-refractivity contribution in [2.24, 2.45) is 0 Å². The van der Waals surface area contributed by atoms with Crippen LogP contribution < -0.4 is 0 Å². The Morgan fingerprint density at radius 1 is 1.29 bits per heavy atom. The van der Waals surface area contributed by atoms with Crippen LogP contribution in [0.3, 0.4) is 0 Å². The van der Waals surface area contributed by atoms with E-state index in [9.17, 15) is 5.11 Å². The molecule has 0 saturated carbocycles. The summed E-state index contributed by atoms with van der Waals surface area (Å²) in [5.74, 6) is 0. The number of aliphatic hydroxyl groups is 1. The van der Waals surface area contributed by atoms with E-state index in [1.807, 2.05) is 11.5 Å². The highest BCUT2D eigenvalue weighted by molar-refractivity contribution is 5.15. The lowest BCUT2D eigenvalue weighted by Crippen LogP contribution is -2.13. The molecule has 1 N–H and O–H groups in total. The standard InChI is InChI=1S/C11H17N5O/c1-3-5-16-10(7-13-14-16)11(17)9-6-12-8-15(9)4-2/h6-8,11,17H,3-5H2,1-2H3. The van der Waals surface area contributed by atoms with E-state index >= 15 is 0 Å². The highest BCUT2D eigenvalue weighted by Crippen LogP contribution is 2.20. The molecule has 0 aromatic carbocycles. The third-order valence-electron chi connectivity index (χ3n) is 2.73. The number of nitrogens with zero attached hydrogens (tertiary/aromatic N) is 5. The molecule has 2 heterocycles. The highest BCUT2D eigenvalue weighted by Gasteiger charge is 2.19. The SMILES string of the molecule is CCCn1nncc1C(O)c1cncn1CC. The quantitative estimate of drug-likeness (QED) is 0.839. The first-order valence-electron chi connectivity index (χ1n) is 5.84. The number of aliphatic hydroxyl groups excluding tert-OH is 1. The Kier molecular flexibility index (Phi) is 3.53. The minimum atomic E-state index is -0.723. The van der Waals surface area contributed by atoms with E-state index in [1.54, 1.807) is 23.4 Å². The normalized spacial score (nSPS) is 12.9. The average Bonchev–Trinajstić information content (AvgIpc) is 2.96. The van der Waals surface area contributed by atoms with Gasteiger partial charge < -0.3 is 9.67 Å². The van der Waals surface area contributed by atoms with Crippen molar-refractivity contribution < 1.29 is 5.11 Å². The van der Waals surface area contributed by atoms with Crippen molar-refractivity contribution in [3.8, 4) is 0 Å². The van der Waals surface area contributed by atoms with Crippen molar-refractivity contribution in [2.75, 3.05) is 0 Å². The average molecular weight is 235 g/mol. The third kappa shape index (κ3) is 2.21. The van der Waals surface area contributed by atoms with Crippen LogP contribution in [0.5, 0.6) is 0 Å². The Hall–Kier alpha value is -1.69. The van der Waals surface area contributed by atoms with Crippen molar-refractivity contribution in [2.45, 2.75) is 39.5 Å². The second-order valence-corrected chi connectivity index (χ2v) is 3.89. The van der Waals surface area contributed by atoms with Gasteiger partial charge in [0.2, 0.25) is 0 Å². The summed E-state index contributed by atoms with van der Waals surface area (Å²) < 4.78 is 3.64. The smallest absolute Gasteiger partial charge is 0.139 e. The first kappa shape index (κ1) is 11.8. The molecule has 2 aromatic heterocycles. The van der Waals surface area contributed by atoms with E-state index in [1.165, 1.54) is 0 Å². The van der Waals surface area contributed by atoms with Crippen molar-refractivity contribution in [1.82, 2.24) is 24.5 Å². The molecule has 92 valence electrons. The molecule has 0 spiro atoms. The van der Waals surface area contributed by atoms with Crippen LogP contribution in [0, 0.1) is 0 Å². The summed E-state index contributed by atoms with van der Waals surface area (Å²) in [4.78, 5) is 4.05. The van der Waals surface area contributed by atoms with Gasteiger partial charge in [0.05, 0.1) is 30.1 Å². The fourth-order valence-electron chi connectivity index (χ4n) is 1.84. The lowest BCUT2D eigenvalue weighted by Gasteiger charge is -2.13. The largest absolute Gasteiger partial charge is 0.380 e. The van der Waals surface area contributed by atoms with Gasteiger partial charge in [-0.05, 0) is 13.3 Å². The zero-order chi connectivity index (χ0) is 12.3. The summed E-state index contributed by atoms with van der Waals surface area (Å²) >= 11 is 0. The number of hydrogen-bond donors (Lipinski definition) is 1. The topological polar surface area (TPSA) is 68.8 Å². The lowest BCUT2D eigenvalue weighted by atomic mass is 10.2. The molecule has 6 heteroatoms. The van der Waals surface area contributed by atoms with Crippen LogP contribution in [-0.4, -0.2) is 29.7 Å². The zero-order valence-electron chi connectivity index (χ0n) is 10.1. The van der Waals surface area contributed by atoms with E-state index in [0.29, 0.717) is 5.69 Å². The minimum Gasteiger partial charge on any atom is -0.380 e. The van der Waals surface area contributed by atoms with Gasteiger partial charge in [-0.1, -0.05) is 12.1 Å². The minimum absolute atomic E-state index is 0.710. The molecule has 0 saturated heterocycles. The van der Waals surface area contributed by atoms with E-state index in [2.05, 4.69) is 22.2 Å². The fourth-order valence-corrected chi connectivity index (χ4v) is 1.84. The summed E-state index contributed by atoms with van der Waals surface area (Å²) in [5, 5.41) is 18.1. The van der Waals surface area contributed by atoms with E-state index in [-0.39, 0.29) is 0 Å². The predicted molar refractivity (Wildman–Crippen MR) is 62.3 cm³/mol. The van der Waals surface area contributed by atoms with Gasteiger partial charge >= 0.3 is 0 Å². The number of imidazole rings is 1. The zero-order valence-corrected chi connectivity index (χ0v) is 10.1. The van der Waals surface area contributed by atoms with Gasteiger partial charge in [0, 0.05) is 13.1 Å². The van der Waals surface area contributed by atoms with Crippen LogP contribution in [0.4, 0.5) is 0 Å². The summed E-state index contributed by atoms with van der Waals surface area (Å²) in [6.45, 7) is 5.61. The van der Waals surface area contributed by atoms with Gasteiger partial charge in [0.25, 0.3) is 0 Å². The molecular weight excluding hydrogens is 218 g/mol.